The Labute approximate surface area is 179 Å². The SMILES string of the molecule is CN=C(NCCNC(=O)c1ccccc1)N1CCN(C(C)C(=O)N2CCCC2)CC1. The minimum atomic E-state index is -0.0716. The summed E-state index contributed by atoms with van der Waals surface area (Å²) in [5, 5.41) is 6.24. The minimum absolute atomic E-state index is 0.0616. The first-order valence-corrected chi connectivity index (χ1v) is 10.9. The zero-order valence-corrected chi connectivity index (χ0v) is 18.1. The van der Waals surface area contributed by atoms with Crippen LogP contribution in [0.1, 0.15) is 30.1 Å². The maximum atomic E-state index is 12.6. The number of carbonyl (C=O) groups excluding carboxylic acids is 2. The zero-order valence-electron chi connectivity index (χ0n) is 18.1. The van der Waals surface area contributed by atoms with E-state index in [9.17, 15) is 9.59 Å². The molecule has 2 aliphatic rings. The summed E-state index contributed by atoms with van der Waals surface area (Å²) in [4.78, 5) is 35.6. The van der Waals surface area contributed by atoms with Gasteiger partial charge in [-0.1, -0.05) is 18.2 Å². The monoisotopic (exact) mass is 414 g/mol. The van der Waals surface area contributed by atoms with E-state index in [1.807, 2.05) is 30.0 Å². The lowest BCUT2D eigenvalue weighted by Gasteiger charge is -2.39. The van der Waals surface area contributed by atoms with Crippen LogP contribution < -0.4 is 10.6 Å². The second-order valence-electron chi connectivity index (χ2n) is 7.83. The van der Waals surface area contributed by atoms with Gasteiger partial charge in [0.25, 0.3) is 5.91 Å². The number of hydrogen-bond donors (Lipinski definition) is 2. The maximum Gasteiger partial charge on any atom is 0.251 e. The van der Waals surface area contributed by atoms with Crippen molar-refractivity contribution in [2.75, 3.05) is 59.4 Å². The highest BCUT2D eigenvalue weighted by Gasteiger charge is 2.30. The third-order valence-corrected chi connectivity index (χ3v) is 5.88. The molecule has 2 heterocycles. The van der Waals surface area contributed by atoms with Crippen molar-refractivity contribution >= 4 is 17.8 Å². The van der Waals surface area contributed by atoms with Gasteiger partial charge in [-0.25, -0.2) is 0 Å². The van der Waals surface area contributed by atoms with Crippen molar-refractivity contribution < 1.29 is 9.59 Å². The van der Waals surface area contributed by atoms with E-state index in [-0.39, 0.29) is 17.9 Å². The molecule has 3 rings (SSSR count). The lowest BCUT2D eigenvalue weighted by molar-refractivity contribution is -0.135. The lowest BCUT2D eigenvalue weighted by Crippen LogP contribution is -2.57. The van der Waals surface area contributed by atoms with Gasteiger partial charge < -0.3 is 20.4 Å². The van der Waals surface area contributed by atoms with Crippen molar-refractivity contribution in [3.05, 3.63) is 35.9 Å². The second kappa shape index (κ2) is 11.0. The third kappa shape index (κ3) is 5.72. The zero-order chi connectivity index (χ0) is 21.3. The van der Waals surface area contributed by atoms with Gasteiger partial charge in [0.15, 0.2) is 5.96 Å². The molecule has 0 aliphatic carbocycles. The average molecular weight is 415 g/mol. The van der Waals surface area contributed by atoms with Crippen molar-refractivity contribution in [3.8, 4) is 0 Å². The molecule has 2 amide bonds. The first kappa shape index (κ1) is 22.1. The summed E-state index contributed by atoms with van der Waals surface area (Å²) in [5.74, 6) is 1.03. The Morgan fingerprint density at radius 1 is 0.933 bits per heavy atom. The van der Waals surface area contributed by atoms with Gasteiger partial charge in [0, 0.05) is 65.0 Å². The van der Waals surface area contributed by atoms with Crippen LogP contribution in [0.5, 0.6) is 0 Å². The number of nitrogens with zero attached hydrogens (tertiary/aromatic N) is 4. The van der Waals surface area contributed by atoms with Crippen LogP contribution in [0.25, 0.3) is 0 Å². The Balaban J connectivity index is 1.38. The smallest absolute Gasteiger partial charge is 0.251 e. The van der Waals surface area contributed by atoms with E-state index in [2.05, 4.69) is 25.4 Å². The van der Waals surface area contributed by atoms with Crippen molar-refractivity contribution in [3.63, 3.8) is 0 Å². The molecule has 1 aromatic rings. The fraction of sp³-hybridized carbons (Fsp3) is 0.591. The van der Waals surface area contributed by atoms with Gasteiger partial charge in [0.05, 0.1) is 6.04 Å². The number of benzene rings is 1. The first-order chi connectivity index (χ1) is 14.6. The number of guanidine groups is 1. The van der Waals surface area contributed by atoms with Crippen LogP contribution in [-0.2, 0) is 4.79 Å². The number of carbonyl (C=O) groups is 2. The summed E-state index contributed by atoms with van der Waals surface area (Å²) >= 11 is 0. The lowest BCUT2D eigenvalue weighted by atomic mass is 10.2. The van der Waals surface area contributed by atoms with Crippen molar-refractivity contribution in [1.29, 1.82) is 0 Å². The second-order valence-corrected chi connectivity index (χ2v) is 7.83. The highest BCUT2D eigenvalue weighted by atomic mass is 16.2. The van der Waals surface area contributed by atoms with Crippen LogP contribution in [0.15, 0.2) is 35.3 Å². The topological polar surface area (TPSA) is 80.3 Å². The van der Waals surface area contributed by atoms with Crippen LogP contribution >= 0.6 is 0 Å². The van der Waals surface area contributed by atoms with Crippen LogP contribution in [0.2, 0.25) is 0 Å². The largest absolute Gasteiger partial charge is 0.354 e. The first-order valence-electron chi connectivity index (χ1n) is 10.9. The molecule has 8 nitrogen and oxygen atoms in total. The van der Waals surface area contributed by atoms with Gasteiger partial charge in [-0.05, 0) is 31.9 Å². The van der Waals surface area contributed by atoms with Crippen LogP contribution in [0.4, 0.5) is 0 Å². The van der Waals surface area contributed by atoms with Crippen LogP contribution in [0, 0.1) is 0 Å². The van der Waals surface area contributed by atoms with E-state index in [4.69, 9.17) is 0 Å². The molecule has 1 atom stereocenters. The van der Waals surface area contributed by atoms with Gasteiger partial charge in [-0.15, -0.1) is 0 Å². The van der Waals surface area contributed by atoms with E-state index < -0.39 is 0 Å². The molecule has 0 saturated carbocycles. The molecule has 164 valence electrons. The number of rotatable bonds is 6. The van der Waals surface area contributed by atoms with E-state index in [0.717, 1.165) is 58.1 Å². The molecule has 0 radical (unpaired) electrons. The highest BCUT2D eigenvalue weighted by Crippen LogP contribution is 2.14. The normalized spacial score (nSPS) is 18.9. The molecule has 0 aromatic heterocycles. The van der Waals surface area contributed by atoms with Gasteiger partial charge in [-0.3, -0.25) is 19.5 Å². The van der Waals surface area contributed by atoms with Crippen LogP contribution in [0.3, 0.4) is 0 Å². The fourth-order valence-electron chi connectivity index (χ4n) is 4.05. The van der Waals surface area contributed by atoms with Gasteiger partial charge in [0.2, 0.25) is 5.91 Å². The number of likely N-dealkylation sites (tertiary alicyclic amines) is 1. The minimum Gasteiger partial charge on any atom is -0.354 e. The molecule has 2 aliphatic heterocycles. The summed E-state index contributed by atoms with van der Waals surface area (Å²) in [6.45, 7) is 8.29. The number of amides is 2. The predicted octanol–water partition coefficient (Wildman–Crippen LogP) is 0.620. The molecular formula is C22H34N6O2. The average Bonchev–Trinajstić information content (AvgIpc) is 3.34. The van der Waals surface area contributed by atoms with E-state index in [1.165, 1.54) is 0 Å². The Morgan fingerprint density at radius 2 is 1.57 bits per heavy atom. The summed E-state index contributed by atoms with van der Waals surface area (Å²) in [6, 6.07) is 9.15. The van der Waals surface area contributed by atoms with Crippen LogP contribution in [-0.4, -0.2) is 97.9 Å². The number of hydrogen-bond acceptors (Lipinski definition) is 4. The molecule has 0 bridgehead atoms. The Morgan fingerprint density at radius 3 is 2.20 bits per heavy atom. The van der Waals surface area contributed by atoms with Gasteiger partial charge >= 0.3 is 0 Å². The third-order valence-electron chi connectivity index (χ3n) is 5.88. The Kier molecular flexibility index (Phi) is 8.07. The number of piperazine rings is 1. The summed E-state index contributed by atoms with van der Waals surface area (Å²) in [5.41, 5.74) is 0.663. The van der Waals surface area contributed by atoms with E-state index in [0.29, 0.717) is 18.7 Å². The molecule has 1 aromatic carbocycles. The summed E-state index contributed by atoms with van der Waals surface area (Å²) < 4.78 is 0. The predicted molar refractivity (Wildman–Crippen MR) is 119 cm³/mol. The molecule has 8 heteroatoms. The van der Waals surface area contributed by atoms with Crippen molar-refractivity contribution in [1.82, 2.24) is 25.3 Å². The van der Waals surface area contributed by atoms with E-state index in [1.54, 1.807) is 19.2 Å². The Hall–Kier alpha value is -2.61. The summed E-state index contributed by atoms with van der Waals surface area (Å²) in [7, 11) is 1.77. The molecule has 2 saturated heterocycles. The van der Waals surface area contributed by atoms with E-state index >= 15 is 0 Å². The maximum absolute atomic E-state index is 12.6. The Bertz CT molecular complexity index is 724. The quantitative estimate of drug-likeness (QED) is 0.405. The summed E-state index contributed by atoms with van der Waals surface area (Å²) in [6.07, 6.45) is 2.25. The number of nitrogens with one attached hydrogen (secondary N) is 2. The van der Waals surface area contributed by atoms with Gasteiger partial charge in [-0.2, -0.15) is 0 Å². The molecule has 0 spiro atoms. The van der Waals surface area contributed by atoms with Crippen molar-refractivity contribution in [2.24, 2.45) is 4.99 Å². The molecular weight excluding hydrogens is 380 g/mol. The molecule has 1 unspecified atom stereocenters. The number of aliphatic imine (C=N–C) groups is 1. The van der Waals surface area contributed by atoms with Gasteiger partial charge in [0.1, 0.15) is 0 Å². The fourth-order valence-corrected chi connectivity index (χ4v) is 4.05. The molecule has 2 N–H and O–H groups in total. The van der Waals surface area contributed by atoms with Crippen molar-refractivity contribution in [2.45, 2.75) is 25.8 Å². The molecule has 2 fully saturated rings. The highest BCUT2D eigenvalue weighted by molar-refractivity contribution is 5.94. The molecule has 30 heavy (non-hydrogen) atoms. The standard InChI is InChI=1S/C22H34N6O2/c1-18(21(30)27-12-6-7-13-27)26-14-16-28(17-15-26)22(23-2)25-11-10-24-20(29)19-8-4-3-5-9-19/h3-5,8-9,18H,6-7,10-17H2,1-2H3,(H,23,25)(H,24,29).